The van der Waals surface area contributed by atoms with Crippen LogP contribution in [0, 0.1) is 0 Å². The van der Waals surface area contributed by atoms with E-state index in [-0.39, 0.29) is 30.3 Å². The minimum absolute atomic E-state index is 0. The molecule has 1 aliphatic rings. The topological polar surface area (TPSA) is 88.3 Å². The molecule has 1 fully saturated rings. The number of aromatic nitrogens is 1. The van der Waals surface area contributed by atoms with Gasteiger partial charge in [0.2, 0.25) is 11.8 Å². The molecule has 1 aliphatic heterocycles. The van der Waals surface area contributed by atoms with Crippen LogP contribution in [-0.4, -0.2) is 34.3 Å². The number of pyridine rings is 1. The fraction of sp³-hybridized carbons (Fsp3) is 0.500. The van der Waals surface area contributed by atoms with Gasteiger partial charge in [-0.05, 0) is 31.4 Å². The van der Waals surface area contributed by atoms with Crippen LogP contribution in [0.3, 0.4) is 0 Å². The van der Waals surface area contributed by atoms with Crippen LogP contribution in [0.2, 0.25) is 0 Å². The Morgan fingerprint density at radius 1 is 1.48 bits per heavy atom. The van der Waals surface area contributed by atoms with E-state index in [1.54, 1.807) is 17.0 Å². The molecule has 1 aromatic heterocycles. The number of nitrogen functional groups attached to an aromatic ring is 1. The van der Waals surface area contributed by atoms with Crippen molar-refractivity contribution in [2.45, 2.75) is 38.6 Å². The number of nitrogens with zero attached hydrogens (tertiary/aromatic N) is 2. The second-order valence-electron chi connectivity index (χ2n) is 4.96. The standard InChI is InChI=1S/C14H20N4O2.ClH/c1-2-4-13(19)18-8-3-5-11(18)14(20)17-10-6-7-12(15)16-9-10;/h6-7,9,11H,2-5,8H2,1H3,(H2,15,16)(H,17,20);1H. The number of rotatable bonds is 4. The Bertz CT molecular complexity index is 492. The molecule has 21 heavy (non-hydrogen) atoms. The highest BCUT2D eigenvalue weighted by Crippen LogP contribution is 2.20. The molecule has 1 saturated heterocycles. The second-order valence-corrected chi connectivity index (χ2v) is 4.96. The van der Waals surface area contributed by atoms with E-state index in [2.05, 4.69) is 10.3 Å². The number of halogens is 1. The second kappa shape index (κ2) is 7.83. The fourth-order valence-electron chi connectivity index (χ4n) is 2.40. The summed E-state index contributed by atoms with van der Waals surface area (Å²) in [5, 5.41) is 2.79. The number of carbonyl (C=O) groups excluding carboxylic acids is 2. The first kappa shape index (κ1) is 17.2. The Morgan fingerprint density at radius 3 is 2.86 bits per heavy atom. The number of anilines is 2. The average molecular weight is 313 g/mol. The molecule has 6 nitrogen and oxygen atoms in total. The Labute approximate surface area is 130 Å². The zero-order chi connectivity index (χ0) is 14.5. The first-order valence-electron chi connectivity index (χ1n) is 6.93. The van der Waals surface area contributed by atoms with E-state index in [9.17, 15) is 9.59 Å². The van der Waals surface area contributed by atoms with Gasteiger partial charge in [-0.1, -0.05) is 6.92 Å². The van der Waals surface area contributed by atoms with E-state index >= 15 is 0 Å². The maximum Gasteiger partial charge on any atom is 0.247 e. The van der Waals surface area contributed by atoms with Gasteiger partial charge in [-0.15, -0.1) is 12.4 Å². The molecule has 1 unspecified atom stereocenters. The van der Waals surface area contributed by atoms with Crippen LogP contribution in [0.1, 0.15) is 32.6 Å². The van der Waals surface area contributed by atoms with Crippen molar-refractivity contribution in [3.8, 4) is 0 Å². The van der Waals surface area contributed by atoms with E-state index in [1.165, 1.54) is 6.20 Å². The zero-order valence-corrected chi connectivity index (χ0v) is 12.9. The van der Waals surface area contributed by atoms with Crippen molar-refractivity contribution in [2.24, 2.45) is 0 Å². The predicted octanol–water partition coefficient (Wildman–Crippen LogP) is 1.82. The number of hydrogen-bond donors (Lipinski definition) is 2. The van der Waals surface area contributed by atoms with Gasteiger partial charge in [-0.2, -0.15) is 0 Å². The monoisotopic (exact) mass is 312 g/mol. The summed E-state index contributed by atoms with van der Waals surface area (Å²) in [7, 11) is 0. The Hall–Kier alpha value is -1.82. The largest absolute Gasteiger partial charge is 0.384 e. The van der Waals surface area contributed by atoms with Crippen molar-refractivity contribution >= 4 is 35.7 Å². The van der Waals surface area contributed by atoms with Crippen molar-refractivity contribution in [1.29, 1.82) is 0 Å². The van der Waals surface area contributed by atoms with Gasteiger partial charge in [-0.3, -0.25) is 9.59 Å². The van der Waals surface area contributed by atoms with Gasteiger partial charge in [0.05, 0.1) is 11.9 Å². The van der Waals surface area contributed by atoms with Crippen LogP contribution in [0.25, 0.3) is 0 Å². The van der Waals surface area contributed by atoms with Crippen LogP contribution >= 0.6 is 12.4 Å². The summed E-state index contributed by atoms with van der Waals surface area (Å²) in [6.45, 7) is 2.62. The lowest BCUT2D eigenvalue weighted by Gasteiger charge is -2.23. The van der Waals surface area contributed by atoms with Crippen LogP contribution in [0.4, 0.5) is 11.5 Å². The predicted molar refractivity (Wildman–Crippen MR) is 84.2 cm³/mol. The molecule has 0 spiro atoms. The Balaban J connectivity index is 0.00000220. The highest BCUT2D eigenvalue weighted by molar-refractivity contribution is 5.97. The van der Waals surface area contributed by atoms with Gasteiger partial charge < -0.3 is 16.0 Å². The quantitative estimate of drug-likeness (QED) is 0.887. The van der Waals surface area contributed by atoms with Gasteiger partial charge in [-0.25, -0.2) is 4.98 Å². The summed E-state index contributed by atoms with van der Waals surface area (Å²) in [6, 6.07) is 2.96. The normalized spacial score (nSPS) is 17.2. The van der Waals surface area contributed by atoms with Crippen molar-refractivity contribution in [2.75, 3.05) is 17.6 Å². The fourth-order valence-corrected chi connectivity index (χ4v) is 2.40. The number of nitrogens with one attached hydrogen (secondary N) is 1. The van der Waals surface area contributed by atoms with Gasteiger partial charge in [0, 0.05) is 13.0 Å². The minimum Gasteiger partial charge on any atom is -0.384 e. The third-order valence-corrected chi connectivity index (χ3v) is 3.39. The van der Waals surface area contributed by atoms with Crippen molar-refractivity contribution in [3.63, 3.8) is 0 Å². The molecule has 7 heteroatoms. The molecule has 116 valence electrons. The molecule has 0 bridgehead atoms. The van der Waals surface area contributed by atoms with Crippen LogP contribution in [-0.2, 0) is 9.59 Å². The molecular formula is C14H21ClN4O2. The number of hydrogen-bond acceptors (Lipinski definition) is 4. The van der Waals surface area contributed by atoms with Gasteiger partial charge >= 0.3 is 0 Å². The van der Waals surface area contributed by atoms with Gasteiger partial charge in [0.15, 0.2) is 0 Å². The maximum absolute atomic E-state index is 12.3. The molecule has 1 aromatic rings. The molecule has 3 N–H and O–H groups in total. The molecule has 0 aromatic carbocycles. The first-order chi connectivity index (χ1) is 9.61. The third-order valence-electron chi connectivity index (χ3n) is 3.39. The van der Waals surface area contributed by atoms with E-state index in [0.29, 0.717) is 30.9 Å². The lowest BCUT2D eigenvalue weighted by molar-refractivity contribution is -0.136. The molecule has 2 amide bonds. The zero-order valence-electron chi connectivity index (χ0n) is 12.0. The summed E-state index contributed by atoms with van der Waals surface area (Å²) in [5.74, 6) is 0.308. The summed E-state index contributed by atoms with van der Waals surface area (Å²) in [5.41, 5.74) is 6.09. The number of nitrogens with two attached hydrogens (primary N) is 1. The highest BCUT2D eigenvalue weighted by Gasteiger charge is 2.33. The van der Waals surface area contributed by atoms with Crippen molar-refractivity contribution in [1.82, 2.24) is 9.88 Å². The number of carbonyl (C=O) groups is 2. The van der Waals surface area contributed by atoms with E-state index in [0.717, 1.165) is 12.8 Å². The molecule has 2 rings (SSSR count). The summed E-state index contributed by atoms with van der Waals surface area (Å²) in [6.07, 6.45) is 4.39. The SMILES string of the molecule is CCCC(=O)N1CCCC1C(=O)Nc1ccc(N)nc1.Cl. The lowest BCUT2D eigenvalue weighted by Crippen LogP contribution is -2.43. The molecule has 0 saturated carbocycles. The number of likely N-dealkylation sites (tertiary alicyclic amines) is 1. The Morgan fingerprint density at radius 2 is 2.24 bits per heavy atom. The minimum atomic E-state index is -0.369. The average Bonchev–Trinajstić information content (AvgIpc) is 2.91. The molecule has 0 aliphatic carbocycles. The van der Waals surface area contributed by atoms with Gasteiger partial charge in [0.1, 0.15) is 11.9 Å². The highest BCUT2D eigenvalue weighted by atomic mass is 35.5. The Kier molecular flexibility index (Phi) is 6.42. The maximum atomic E-state index is 12.3. The summed E-state index contributed by atoms with van der Waals surface area (Å²) in [4.78, 5) is 29.8. The van der Waals surface area contributed by atoms with E-state index in [1.807, 2.05) is 6.92 Å². The van der Waals surface area contributed by atoms with Crippen LogP contribution in [0.5, 0.6) is 0 Å². The van der Waals surface area contributed by atoms with Gasteiger partial charge in [0.25, 0.3) is 0 Å². The van der Waals surface area contributed by atoms with E-state index < -0.39 is 0 Å². The van der Waals surface area contributed by atoms with E-state index in [4.69, 9.17) is 5.73 Å². The first-order valence-corrected chi connectivity index (χ1v) is 6.93. The molecule has 1 atom stereocenters. The third kappa shape index (κ3) is 4.32. The number of amides is 2. The molecule has 0 radical (unpaired) electrons. The van der Waals surface area contributed by atoms with Crippen molar-refractivity contribution in [3.05, 3.63) is 18.3 Å². The van der Waals surface area contributed by atoms with Crippen LogP contribution in [0.15, 0.2) is 18.3 Å². The smallest absolute Gasteiger partial charge is 0.247 e. The molecular weight excluding hydrogens is 292 g/mol. The molecule has 2 heterocycles. The lowest BCUT2D eigenvalue weighted by atomic mass is 10.2. The van der Waals surface area contributed by atoms with Crippen LogP contribution < -0.4 is 11.1 Å². The summed E-state index contributed by atoms with van der Waals surface area (Å²) >= 11 is 0. The summed E-state index contributed by atoms with van der Waals surface area (Å²) < 4.78 is 0. The van der Waals surface area contributed by atoms with Crippen molar-refractivity contribution < 1.29 is 9.59 Å².